The molecule has 20 heavy (non-hydrogen) atoms. The van der Waals surface area contributed by atoms with Gasteiger partial charge in [-0.3, -0.25) is 0 Å². The lowest BCUT2D eigenvalue weighted by atomic mass is 10.2. The topological polar surface area (TPSA) is 74.2 Å². The van der Waals surface area contributed by atoms with Crippen LogP contribution in [0.4, 0.5) is 14.5 Å². The third-order valence-corrected chi connectivity index (χ3v) is 3.16. The van der Waals surface area contributed by atoms with Gasteiger partial charge in [-0.2, -0.15) is 4.98 Å². The predicted octanol–water partition coefficient (Wildman–Crippen LogP) is 2.91. The summed E-state index contributed by atoms with van der Waals surface area (Å²) < 4.78 is 34.3. The highest BCUT2D eigenvalue weighted by Crippen LogP contribution is 2.30. The van der Waals surface area contributed by atoms with E-state index in [2.05, 4.69) is 26.1 Å². The van der Waals surface area contributed by atoms with Gasteiger partial charge in [-0.25, -0.2) is 8.78 Å². The van der Waals surface area contributed by atoms with E-state index in [1.54, 1.807) is 18.2 Å². The van der Waals surface area contributed by atoms with Crippen molar-refractivity contribution in [1.82, 2.24) is 10.1 Å². The number of halogens is 3. The molecule has 0 aliphatic carbocycles. The Labute approximate surface area is 122 Å². The molecule has 0 saturated heterocycles. The van der Waals surface area contributed by atoms with E-state index in [0.717, 1.165) is 4.47 Å². The first-order chi connectivity index (χ1) is 9.58. The minimum Gasteiger partial charge on any atom is -0.397 e. The lowest BCUT2D eigenvalue weighted by Crippen LogP contribution is -2.07. The highest BCUT2D eigenvalue weighted by molar-refractivity contribution is 9.10. The zero-order valence-electron chi connectivity index (χ0n) is 10.4. The van der Waals surface area contributed by atoms with Crippen molar-refractivity contribution in [2.75, 3.05) is 18.9 Å². The summed E-state index contributed by atoms with van der Waals surface area (Å²) in [7, 11) is 0. The Balaban J connectivity index is 2.00. The molecule has 1 aromatic carbocycles. The maximum atomic E-state index is 11.9. The number of aromatic nitrogens is 2. The zero-order valence-corrected chi connectivity index (χ0v) is 11.9. The van der Waals surface area contributed by atoms with Crippen molar-refractivity contribution in [3.8, 4) is 11.5 Å². The standard InChI is InChI=1S/C12H12BrF2N3O2/c13-8-3-1-2-7(11(8)16)12-17-10(18-20-12)4-5-19-6-9(14)15/h1-3,9H,4-6,16H2. The first-order valence-corrected chi connectivity index (χ1v) is 6.60. The van der Waals surface area contributed by atoms with E-state index in [4.69, 9.17) is 15.0 Å². The number of para-hydroxylation sites is 1. The fourth-order valence-electron chi connectivity index (χ4n) is 1.52. The van der Waals surface area contributed by atoms with Crippen LogP contribution >= 0.6 is 15.9 Å². The number of rotatable bonds is 6. The molecule has 2 aromatic rings. The maximum absolute atomic E-state index is 11.9. The Kier molecular flexibility index (Phi) is 5.02. The van der Waals surface area contributed by atoms with Crippen LogP contribution in [0.2, 0.25) is 0 Å². The predicted molar refractivity (Wildman–Crippen MR) is 72.4 cm³/mol. The molecule has 1 aromatic heterocycles. The highest BCUT2D eigenvalue weighted by atomic mass is 79.9. The number of nitrogens with zero attached hydrogens (tertiary/aromatic N) is 2. The van der Waals surface area contributed by atoms with Crippen molar-refractivity contribution in [3.05, 3.63) is 28.5 Å². The molecule has 0 aliphatic rings. The van der Waals surface area contributed by atoms with E-state index in [1.165, 1.54) is 0 Å². The summed E-state index contributed by atoms with van der Waals surface area (Å²) in [6, 6.07) is 5.35. The third kappa shape index (κ3) is 3.73. The largest absolute Gasteiger partial charge is 0.397 e. The number of hydrogen-bond acceptors (Lipinski definition) is 5. The number of benzene rings is 1. The summed E-state index contributed by atoms with van der Waals surface area (Å²) in [6.45, 7) is -0.486. The minimum atomic E-state index is -2.47. The lowest BCUT2D eigenvalue weighted by molar-refractivity contribution is 0.0182. The number of hydrogen-bond donors (Lipinski definition) is 1. The van der Waals surface area contributed by atoms with Gasteiger partial charge >= 0.3 is 0 Å². The molecule has 0 atom stereocenters. The zero-order chi connectivity index (χ0) is 14.5. The second kappa shape index (κ2) is 6.76. The quantitative estimate of drug-likeness (QED) is 0.642. The molecule has 1 heterocycles. The van der Waals surface area contributed by atoms with Gasteiger partial charge in [-0.05, 0) is 28.1 Å². The van der Waals surface area contributed by atoms with E-state index in [-0.39, 0.29) is 12.5 Å². The maximum Gasteiger partial charge on any atom is 0.261 e. The molecule has 0 spiro atoms. The van der Waals surface area contributed by atoms with Crippen LogP contribution in [0.1, 0.15) is 5.82 Å². The van der Waals surface area contributed by atoms with Crippen LogP contribution in [-0.4, -0.2) is 29.8 Å². The van der Waals surface area contributed by atoms with Crippen molar-refractivity contribution in [3.63, 3.8) is 0 Å². The molecule has 0 amide bonds. The minimum absolute atomic E-state index is 0.108. The van der Waals surface area contributed by atoms with Crippen LogP contribution in [0.15, 0.2) is 27.2 Å². The van der Waals surface area contributed by atoms with Crippen LogP contribution in [0.25, 0.3) is 11.5 Å². The molecule has 2 rings (SSSR count). The van der Waals surface area contributed by atoms with Crippen molar-refractivity contribution in [2.45, 2.75) is 12.8 Å². The van der Waals surface area contributed by atoms with Crippen molar-refractivity contribution in [2.24, 2.45) is 0 Å². The average molecular weight is 348 g/mol. The fourth-order valence-corrected chi connectivity index (χ4v) is 1.89. The summed E-state index contributed by atoms with van der Waals surface area (Å²) in [5.74, 6) is 0.668. The van der Waals surface area contributed by atoms with Gasteiger partial charge in [0, 0.05) is 10.9 Å². The molecule has 0 aliphatic heterocycles. The van der Waals surface area contributed by atoms with Crippen molar-refractivity contribution >= 4 is 21.6 Å². The Hall–Kier alpha value is -1.54. The van der Waals surface area contributed by atoms with Gasteiger partial charge < -0.3 is 15.0 Å². The molecule has 5 nitrogen and oxygen atoms in total. The lowest BCUT2D eigenvalue weighted by Gasteiger charge is -2.02. The number of nitrogens with two attached hydrogens (primary N) is 1. The molecule has 0 fully saturated rings. The SMILES string of the molecule is Nc1c(Br)cccc1-c1nc(CCOCC(F)F)no1. The number of nitrogen functional groups attached to an aromatic ring is 1. The van der Waals surface area contributed by atoms with E-state index < -0.39 is 13.0 Å². The summed E-state index contributed by atoms with van der Waals surface area (Å²) in [5, 5.41) is 3.76. The van der Waals surface area contributed by atoms with Crippen LogP contribution in [0.5, 0.6) is 0 Å². The van der Waals surface area contributed by atoms with Crippen molar-refractivity contribution in [1.29, 1.82) is 0 Å². The first-order valence-electron chi connectivity index (χ1n) is 5.80. The summed E-state index contributed by atoms with van der Waals surface area (Å²) in [5.41, 5.74) is 7.01. The Morgan fingerprint density at radius 2 is 2.20 bits per heavy atom. The van der Waals surface area contributed by atoms with E-state index in [1.807, 2.05) is 0 Å². The van der Waals surface area contributed by atoms with Gasteiger partial charge in [-0.15, -0.1) is 0 Å². The molecule has 2 N–H and O–H groups in total. The summed E-state index contributed by atoms with van der Waals surface area (Å²) in [4.78, 5) is 4.15. The van der Waals surface area contributed by atoms with Gasteiger partial charge in [0.15, 0.2) is 5.82 Å². The molecule has 0 radical (unpaired) electrons. The van der Waals surface area contributed by atoms with E-state index in [0.29, 0.717) is 23.5 Å². The van der Waals surface area contributed by atoms with Crippen molar-refractivity contribution < 1.29 is 18.0 Å². The molecular formula is C12H12BrF2N3O2. The molecular weight excluding hydrogens is 336 g/mol. The number of alkyl halides is 2. The highest BCUT2D eigenvalue weighted by Gasteiger charge is 2.13. The second-order valence-electron chi connectivity index (χ2n) is 3.93. The summed E-state index contributed by atoms with van der Waals surface area (Å²) in [6.07, 6.45) is -2.18. The normalized spacial score (nSPS) is 11.2. The monoisotopic (exact) mass is 347 g/mol. The molecule has 0 unspecified atom stereocenters. The van der Waals surface area contributed by atoms with Gasteiger partial charge in [0.2, 0.25) is 0 Å². The van der Waals surface area contributed by atoms with Gasteiger partial charge in [0.05, 0.1) is 17.9 Å². The second-order valence-corrected chi connectivity index (χ2v) is 4.79. The Bertz CT molecular complexity index is 578. The van der Waals surface area contributed by atoms with E-state index >= 15 is 0 Å². The Morgan fingerprint density at radius 1 is 1.40 bits per heavy atom. The van der Waals surface area contributed by atoms with Crippen LogP contribution in [-0.2, 0) is 11.2 Å². The molecule has 8 heteroatoms. The van der Waals surface area contributed by atoms with Crippen LogP contribution in [0.3, 0.4) is 0 Å². The fraction of sp³-hybridized carbons (Fsp3) is 0.333. The van der Waals surface area contributed by atoms with E-state index in [9.17, 15) is 8.78 Å². The summed E-state index contributed by atoms with van der Waals surface area (Å²) >= 11 is 3.31. The Morgan fingerprint density at radius 3 is 2.95 bits per heavy atom. The van der Waals surface area contributed by atoms with Crippen LogP contribution in [0, 0.1) is 0 Å². The number of anilines is 1. The smallest absolute Gasteiger partial charge is 0.261 e. The third-order valence-electron chi connectivity index (χ3n) is 2.47. The molecule has 108 valence electrons. The average Bonchev–Trinajstić information content (AvgIpc) is 2.86. The molecule has 0 bridgehead atoms. The molecule has 0 saturated carbocycles. The van der Waals surface area contributed by atoms with Gasteiger partial charge in [0.25, 0.3) is 12.3 Å². The van der Waals surface area contributed by atoms with Crippen LogP contribution < -0.4 is 5.73 Å². The first kappa shape index (κ1) is 14.9. The van der Waals surface area contributed by atoms with Gasteiger partial charge in [-0.1, -0.05) is 11.2 Å². The number of ether oxygens (including phenoxy) is 1. The van der Waals surface area contributed by atoms with Gasteiger partial charge in [0.1, 0.15) is 6.61 Å².